The molecule has 1 aliphatic carbocycles. The van der Waals surface area contributed by atoms with Crippen molar-refractivity contribution in [3.8, 4) is 5.75 Å². The van der Waals surface area contributed by atoms with Crippen molar-refractivity contribution >= 4 is 5.91 Å². The second kappa shape index (κ2) is 6.37. The first-order valence-corrected chi connectivity index (χ1v) is 8.55. The summed E-state index contributed by atoms with van der Waals surface area (Å²) in [4.78, 5) is 15.1. The summed E-state index contributed by atoms with van der Waals surface area (Å²) in [7, 11) is 3.30. The number of methoxy groups -OCH3 is 2. The Morgan fingerprint density at radius 3 is 2.62 bits per heavy atom. The molecule has 24 heavy (non-hydrogen) atoms. The van der Waals surface area contributed by atoms with E-state index in [1.807, 2.05) is 30.0 Å². The van der Waals surface area contributed by atoms with Crippen molar-refractivity contribution in [2.45, 2.75) is 31.6 Å². The molecule has 0 spiro atoms. The van der Waals surface area contributed by atoms with Crippen LogP contribution in [-0.4, -0.2) is 56.4 Å². The molecule has 1 amide bonds. The Balaban J connectivity index is 1.80. The summed E-state index contributed by atoms with van der Waals surface area (Å²) < 4.78 is 10.7. The highest BCUT2D eigenvalue weighted by Crippen LogP contribution is 2.51. The largest absolute Gasteiger partial charge is 0.496 e. The maximum atomic E-state index is 13.2. The minimum atomic E-state index is -0.403. The third kappa shape index (κ3) is 2.80. The maximum absolute atomic E-state index is 13.2. The van der Waals surface area contributed by atoms with E-state index in [-0.39, 0.29) is 17.9 Å². The average molecular weight is 333 g/mol. The average Bonchev–Trinajstić information content (AvgIpc) is 3.30. The standard InChI is InChI=1S/C19H27NO4/c1-14-4-5-15(10-16(14)24-3)19(6-7-19)17(22)20-9-8-18(11-20,12-21)13-23-2/h4-5,10,21H,6-9,11-13H2,1-3H3. The summed E-state index contributed by atoms with van der Waals surface area (Å²) >= 11 is 0. The molecule has 1 heterocycles. The van der Waals surface area contributed by atoms with Crippen LogP contribution in [0.5, 0.6) is 5.75 Å². The van der Waals surface area contributed by atoms with Crippen LogP contribution in [-0.2, 0) is 14.9 Å². The fourth-order valence-corrected chi connectivity index (χ4v) is 3.88. The molecule has 132 valence electrons. The molecule has 1 atom stereocenters. The smallest absolute Gasteiger partial charge is 0.233 e. The number of benzene rings is 1. The third-order valence-corrected chi connectivity index (χ3v) is 5.63. The summed E-state index contributed by atoms with van der Waals surface area (Å²) in [6.45, 7) is 3.80. The number of hydrogen-bond donors (Lipinski definition) is 1. The van der Waals surface area contributed by atoms with Crippen LogP contribution in [0.3, 0.4) is 0 Å². The van der Waals surface area contributed by atoms with Gasteiger partial charge in [-0.05, 0) is 43.4 Å². The van der Waals surface area contributed by atoms with E-state index in [4.69, 9.17) is 9.47 Å². The summed E-state index contributed by atoms with van der Waals surface area (Å²) in [5.41, 5.74) is 1.40. The number of aliphatic hydroxyl groups is 1. The van der Waals surface area contributed by atoms with Crippen molar-refractivity contribution in [1.82, 2.24) is 4.90 Å². The van der Waals surface area contributed by atoms with Crippen LogP contribution >= 0.6 is 0 Å². The zero-order valence-corrected chi connectivity index (χ0v) is 14.8. The Kier molecular flexibility index (Phi) is 4.58. The van der Waals surface area contributed by atoms with Gasteiger partial charge in [0.1, 0.15) is 5.75 Å². The number of carbonyl (C=O) groups is 1. The van der Waals surface area contributed by atoms with E-state index < -0.39 is 5.41 Å². The molecule has 1 aromatic rings. The SMILES string of the molecule is COCC1(CO)CCN(C(=O)C2(c3ccc(C)c(OC)c3)CC2)C1. The number of ether oxygens (including phenoxy) is 2. The molecule has 0 bridgehead atoms. The number of aliphatic hydroxyl groups excluding tert-OH is 1. The monoisotopic (exact) mass is 333 g/mol. The third-order valence-electron chi connectivity index (χ3n) is 5.63. The molecule has 1 unspecified atom stereocenters. The Morgan fingerprint density at radius 2 is 2.04 bits per heavy atom. The first kappa shape index (κ1) is 17.2. The van der Waals surface area contributed by atoms with Crippen LogP contribution in [0.1, 0.15) is 30.4 Å². The second-order valence-corrected chi connectivity index (χ2v) is 7.33. The molecule has 0 radical (unpaired) electrons. The number of hydrogen-bond acceptors (Lipinski definition) is 4. The lowest BCUT2D eigenvalue weighted by molar-refractivity contribution is -0.133. The molecule has 5 heteroatoms. The Morgan fingerprint density at radius 1 is 1.29 bits per heavy atom. The van der Waals surface area contributed by atoms with E-state index in [2.05, 4.69) is 0 Å². The summed E-state index contributed by atoms with van der Waals surface area (Å²) in [5.74, 6) is 1.01. The fraction of sp³-hybridized carbons (Fsp3) is 0.632. The topological polar surface area (TPSA) is 59.0 Å². The van der Waals surface area contributed by atoms with Gasteiger partial charge in [0.15, 0.2) is 0 Å². The van der Waals surface area contributed by atoms with E-state index in [0.29, 0.717) is 19.7 Å². The Bertz CT molecular complexity index is 626. The molecule has 1 aromatic carbocycles. The lowest BCUT2D eigenvalue weighted by Crippen LogP contribution is -2.41. The molecule has 1 saturated heterocycles. The quantitative estimate of drug-likeness (QED) is 0.864. The normalized spacial score (nSPS) is 24.9. The van der Waals surface area contributed by atoms with Crippen molar-refractivity contribution in [2.24, 2.45) is 5.41 Å². The fourth-order valence-electron chi connectivity index (χ4n) is 3.88. The highest BCUT2D eigenvalue weighted by atomic mass is 16.5. The van der Waals surface area contributed by atoms with Gasteiger partial charge in [-0.1, -0.05) is 12.1 Å². The molecular weight excluding hydrogens is 306 g/mol. The van der Waals surface area contributed by atoms with Gasteiger partial charge in [0.05, 0.1) is 25.7 Å². The number of nitrogens with zero attached hydrogens (tertiary/aromatic N) is 1. The van der Waals surface area contributed by atoms with Gasteiger partial charge in [0.25, 0.3) is 0 Å². The van der Waals surface area contributed by atoms with E-state index in [0.717, 1.165) is 36.1 Å². The van der Waals surface area contributed by atoms with Crippen LogP contribution in [0.15, 0.2) is 18.2 Å². The summed E-state index contributed by atoms with van der Waals surface area (Å²) in [6, 6.07) is 6.08. The van der Waals surface area contributed by atoms with Crippen molar-refractivity contribution in [3.05, 3.63) is 29.3 Å². The van der Waals surface area contributed by atoms with Gasteiger partial charge in [0.2, 0.25) is 5.91 Å². The summed E-state index contributed by atoms with van der Waals surface area (Å²) in [5, 5.41) is 9.75. The molecule has 5 nitrogen and oxygen atoms in total. The van der Waals surface area contributed by atoms with E-state index >= 15 is 0 Å². The highest BCUT2D eigenvalue weighted by molar-refractivity contribution is 5.91. The van der Waals surface area contributed by atoms with Crippen LogP contribution in [0.4, 0.5) is 0 Å². The van der Waals surface area contributed by atoms with Gasteiger partial charge in [-0.3, -0.25) is 4.79 Å². The Hall–Kier alpha value is -1.59. The van der Waals surface area contributed by atoms with Gasteiger partial charge in [-0.2, -0.15) is 0 Å². The number of rotatable bonds is 6. The molecule has 1 saturated carbocycles. The van der Waals surface area contributed by atoms with Crippen LogP contribution < -0.4 is 4.74 Å². The van der Waals surface area contributed by atoms with E-state index in [9.17, 15) is 9.90 Å². The lowest BCUT2D eigenvalue weighted by Gasteiger charge is -2.28. The number of likely N-dealkylation sites (tertiary alicyclic amines) is 1. The van der Waals surface area contributed by atoms with Gasteiger partial charge in [0, 0.05) is 25.6 Å². The van der Waals surface area contributed by atoms with Gasteiger partial charge >= 0.3 is 0 Å². The predicted molar refractivity (Wildman–Crippen MR) is 91.2 cm³/mol. The molecule has 1 aliphatic heterocycles. The molecule has 3 rings (SSSR count). The zero-order chi connectivity index (χ0) is 17.4. The van der Waals surface area contributed by atoms with Crippen LogP contribution in [0.25, 0.3) is 0 Å². The van der Waals surface area contributed by atoms with E-state index in [1.165, 1.54) is 0 Å². The first-order valence-electron chi connectivity index (χ1n) is 8.55. The van der Waals surface area contributed by atoms with E-state index in [1.54, 1.807) is 14.2 Å². The maximum Gasteiger partial charge on any atom is 0.233 e. The number of carbonyl (C=O) groups excluding carboxylic acids is 1. The minimum Gasteiger partial charge on any atom is -0.496 e. The molecule has 2 aliphatic rings. The van der Waals surface area contributed by atoms with Crippen molar-refractivity contribution in [2.75, 3.05) is 40.5 Å². The van der Waals surface area contributed by atoms with Crippen molar-refractivity contribution < 1.29 is 19.4 Å². The van der Waals surface area contributed by atoms with Crippen LogP contribution in [0.2, 0.25) is 0 Å². The Labute approximate surface area is 143 Å². The number of aryl methyl sites for hydroxylation is 1. The zero-order valence-electron chi connectivity index (χ0n) is 14.8. The van der Waals surface area contributed by atoms with Gasteiger partial charge in [-0.15, -0.1) is 0 Å². The minimum absolute atomic E-state index is 0.0516. The number of amides is 1. The summed E-state index contributed by atoms with van der Waals surface area (Å²) in [6.07, 6.45) is 2.55. The van der Waals surface area contributed by atoms with Gasteiger partial charge < -0.3 is 19.5 Å². The second-order valence-electron chi connectivity index (χ2n) is 7.33. The molecule has 0 aromatic heterocycles. The molecule has 2 fully saturated rings. The highest BCUT2D eigenvalue weighted by Gasteiger charge is 2.55. The molecular formula is C19H27NO4. The predicted octanol–water partition coefficient (Wildman–Crippen LogP) is 1.89. The lowest BCUT2D eigenvalue weighted by atomic mass is 9.89. The van der Waals surface area contributed by atoms with Crippen molar-refractivity contribution in [1.29, 1.82) is 0 Å². The van der Waals surface area contributed by atoms with Crippen LogP contribution in [0, 0.1) is 12.3 Å². The van der Waals surface area contributed by atoms with Crippen molar-refractivity contribution in [3.63, 3.8) is 0 Å². The first-order chi connectivity index (χ1) is 11.5. The van der Waals surface area contributed by atoms with Gasteiger partial charge in [-0.25, -0.2) is 0 Å². The molecule has 1 N–H and O–H groups in total.